The minimum absolute atomic E-state index is 0.0874. The van der Waals surface area contributed by atoms with Gasteiger partial charge in [0.05, 0.1) is 22.9 Å². The topological polar surface area (TPSA) is 67.0 Å². The fourth-order valence-electron chi connectivity index (χ4n) is 4.56. The summed E-state index contributed by atoms with van der Waals surface area (Å²) in [5.74, 6) is 1.05. The number of carbonyl (C=O) groups is 1. The van der Waals surface area contributed by atoms with E-state index in [1.807, 2.05) is 56.3 Å². The molecule has 0 spiro atoms. The number of rotatable bonds is 6. The molecule has 0 saturated heterocycles. The Labute approximate surface area is 183 Å². The third-order valence-electron chi connectivity index (χ3n) is 5.99. The zero-order chi connectivity index (χ0) is 22.0. The summed E-state index contributed by atoms with van der Waals surface area (Å²) in [7, 11) is 0. The van der Waals surface area contributed by atoms with Crippen molar-refractivity contribution < 1.29 is 9.53 Å². The zero-order valence-corrected chi connectivity index (χ0v) is 18.4. The maximum absolute atomic E-state index is 12.4. The molecule has 1 heterocycles. The van der Waals surface area contributed by atoms with E-state index in [0.29, 0.717) is 5.56 Å². The molecular formula is C26H29N3O2. The van der Waals surface area contributed by atoms with E-state index in [-0.39, 0.29) is 17.9 Å². The molecule has 0 aliphatic heterocycles. The smallest absolute Gasteiger partial charge is 0.227 e. The maximum atomic E-state index is 12.4. The zero-order valence-electron chi connectivity index (χ0n) is 18.4. The van der Waals surface area contributed by atoms with Crippen LogP contribution in [0.2, 0.25) is 0 Å². The van der Waals surface area contributed by atoms with E-state index >= 15 is 0 Å². The SMILES string of the molecule is CCn1c(-c2ccc(NC(=O)C3CCCC3)cc2)c(C#N)c2ccc(OC(C)C)cc21. The number of aryl methyl sites for hydroxylation is 1. The molecule has 1 N–H and O–H groups in total. The van der Waals surface area contributed by atoms with Crippen molar-refractivity contribution in [2.45, 2.75) is 59.1 Å². The summed E-state index contributed by atoms with van der Waals surface area (Å²) in [6, 6.07) is 16.1. The highest BCUT2D eigenvalue weighted by Crippen LogP contribution is 2.36. The molecule has 160 valence electrons. The molecule has 1 amide bonds. The van der Waals surface area contributed by atoms with Crippen LogP contribution in [0.15, 0.2) is 42.5 Å². The van der Waals surface area contributed by atoms with Gasteiger partial charge in [0.25, 0.3) is 0 Å². The van der Waals surface area contributed by atoms with Crippen LogP contribution in [0, 0.1) is 17.2 Å². The van der Waals surface area contributed by atoms with Gasteiger partial charge in [-0.05, 0) is 63.4 Å². The highest BCUT2D eigenvalue weighted by molar-refractivity contribution is 5.96. The van der Waals surface area contributed by atoms with Gasteiger partial charge in [0.1, 0.15) is 11.8 Å². The molecule has 0 atom stereocenters. The van der Waals surface area contributed by atoms with Crippen molar-refractivity contribution >= 4 is 22.5 Å². The monoisotopic (exact) mass is 415 g/mol. The van der Waals surface area contributed by atoms with Crippen LogP contribution in [-0.2, 0) is 11.3 Å². The average Bonchev–Trinajstić information content (AvgIpc) is 3.39. The molecule has 5 heteroatoms. The Morgan fingerprint density at radius 1 is 1.19 bits per heavy atom. The van der Waals surface area contributed by atoms with Gasteiger partial charge in [-0.25, -0.2) is 0 Å². The number of carbonyl (C=O) groups excluding carboxylic acids is 1. The van der Waals surface area contributed by atoms with Crippen LogP contribution in [0.25, 0.3) is 22.2 Å². The van der Waals surface area contributed by atoms with Crippen molar-refractivity contribution in [3.8, 4) is 23.1 Å². The highest BCUT2D eigenvalue weighted by Gasteiger charge is 2.23. The van der Waals surface area contributed by atoms with E-state index in [1.165, 1.54) is 0 Å². The second-order valence-electron chi connectivity index (χ2n) is 8.47. The normalized spacial score (nSPS) is 14.2. The number of fused-ring (bicyclic) bond motifs is 1. The molecule has 0 bridgehead atoms. The Bertz CT molecular complexity index is 1130. The first kappa shape index (κ1) is 21.0. The quantitative estimate of drug-likeness (QED) is 0.528. The molecule has 2 aromatic carbocycles. The first-order chi connectivity index (χ1) is 15.0. The molecule has 0 radical (unpaired) electrons. The van der Waals surface area contributed by atoms with Gasteiger partial charge >= 0.3 is 0 Å². The summed E-state index contributed by atoms with van der Waals surface area (Å²) in [6.45, 7) is 6.82. The highest BCUT2D eigenvalue weighted by atomic mass is 16.5. The van der Waals surface area contributed by atoms with Gasteiger partial charge in [-0.15, -0.1) is 0 Å². The Morgan fingerprint density at radius 2 is 1.90 bits per heavy atom. The molecule has 0 unspecified atom stereocenters. The van der Waals surface area contributed by atoms with E-state index in [4.69, 9.17) is 4.74 Å². The van der Waals surface area contributed by atoms with Gasteiger partial charge in [-0.1, -0.05) is 25.0 Å². The molecule has 1 aliphatic carbocycles. The molecule has 1 saturated carbocycles. The van der Waals surface area contributed by atoms with Gasteiger partial charge in [-0.3, -0.25) is 4.79 Å². The summed E-state index contributed by atoms with van der Waals surface area (Å²) in [5, 5.41) is 13.9. The number of nitriles is 1. The number of hydrogen-bond acceptors (Lipinski definition) is 3. The summed E-state index contributed by atoms with van der Waals surface area (Å²) >= 11 is 0. The number of hydrogen-bond donors (Lipinski definition) is 1. The second-order valence-corrected chi connectivity index (χ2v) is 8.47. The molecule has 31 heavy (non-hydrogen) atoms. The lowest BCUT2D eigenvalue weighted by Gasteiger charge is -2.13. The van der Waals surface area contributed by atoms with E-state index < -0.39 is 0 Å². The largest absolute Gasteiger partial charge is 0.491 e. The number of ether oxygens (including phenoxy) is 1. The Kier molecular flexibility index (Phi) is 5.99. The van der Waals surface area contributed by atoms with Crippen LogP contribution in [0.3, 0.4) is 0 Å². The molecule has 1 aromatic heterocycles. The Morgan fingerprint density at radius 3 is 2.52 bits per heavy atom. The van der Waals surface area contributed by atoms with Crippen LogP contribution < -0.4 is 10.1 Å². The minimum atomic E-state index is 0.0874. The predicted molar refractivity (Wildman–Crippen MR) is 124 cm³/mol. The molecule has 3 aromatic rings. The van der Waals surface area contributed by atoms with Gasteiger partial charge < -0.3 is 14.6 Å². The standard InChI is InChI=1S/C26H29N3O2/c1-4-29-24-15-21(31-17(2)3)13-14-22(24)23(16-27)25(29)18-9-11-20(12-10-18)28-26(30)19-7-5-6-8-19/h9-15,17,19H,4-8H2,1-3H3,(H,28,30). The number of anilines is 1. The van der Waals surface area contributed by atoms with Crippen molar-refractivity contribution in [1.82, 2.24) is 4.57 Å². The van der Waals surface area contributed by atoms with Gasteiger partial charge in [0, 0.05) is 29.6 Å². The van der Waals surface area contributed by atoms with Crippen LogP contribution >= 0.6 is 0 Å². The molecule has 5 nitrogen and oxygen atoms in total. The molecule has 1 fully saturated rings. The van der Waals surface area contributed by atoms with Gasteiger partial charge in [-0.2, -0.15) is 5.26 Å². The van der Waals surface area contributed by atoms with Crippen molar-refractivity contribution in [3.05, 3.63) is 48.0 Å². The lowest BCUT2D eigenvalue weighted by molar-refractivity contribution is -0.119. The van der Waals surface area contributed by atoms with Crippen molar-refractivity contribution in [2.24, 2.45) is 5.92 Å². The number of aromatic nitrogens is 1. The van der Waals surface area contributed by atoms with E-state index in [1.54, 1.807) is 0 Å². The summed E-state index contributed by atoms with van der Waals surface area (Å²) in [5.41, 5.74) is 4.31. The fourth-order valence-corrected chi connectivity index (χ4v) is 4.56. The van der Waals surface area contributed by atoms with Crippen molar-refractivity contribution in [2.75, 3.05) is 5.32 Å². The minimum Gasteiger partial charge on any atom is -0.491 e. The van der Waals surface area contributed by atoms with Crippen LogP contribution in [0.4, 0.5) is 5.69 Å². The number of amides is 1. The fraction of sp³-hybridized carbons (Fsp3) is 0.385. The summed E-state index contributed by atoms with van der Waals surface area (Å²) in [4.78, 5) is 12.4. The van der Waals surface area contributed by atoms with E-state index in [0.717, 1.165) is 65.8 Å². The summed E-state index contributed by atoms with van der Waals surface area (Å²) < 4.78 is 8.03. The van der Waals surface area contributed by atoms with Crippen LogP contribution in [-0.4, -0.2) is 16.6 Å². The molecule has 1 aliphatic rings. The van der Waals surface area contributed by atoms with E-state index in [2.05, 4.69) is 22.9 Å². The third-order valence-corrected chi connectivity index (χ3v) is 5.99. The van der Waals surface area contributed by atoms with Gasteiger partial charge in [0.2, 0.25) is 5.91 Å². The lowest BCUT2D eigenvalue weighted by Crippen LogP contribution is -2.20. The predicted octanol–water partition coefficient (Wildman–Crippen LogP) is 6.12. The summed E-state index contributed by atoms with van der Waals surface area (Å²) in [6.07, 6.45) is 4.33. The molecule has 4 rings (SSSR count). The number of nitrogens with zero attached hydrogens (tertiary/aromatic N) is 2. The van der Waals surface area contributed by atoms with Crippen molar-refractivity contribution in [1.29, 1.82) is 5.26 Å². The van der Waals surface area contributed by atoms with E-state index in [9.17, 15) is 10.1 Å². The second kappa shape index (κ2) is 8.85. The first-order valence-electron chi connectivity index (χ1n) is 11.2. The average molecular weight is 416 g/mol. The van der Waals surface area contributed by atoms with Gasteiger partial charge in [0.15, 0.2) is 0 Å². The molecular weight excluding hydrogens is 386 g/mol. The first-order valence-corrected chi connectivity index (χ1v) is 11.2. The van der Waals surface area contributed by atoms with Crippen LogP contribution in [0.1, 0.15) is 52.0 Å². The Hall–Kier alpha value is -3.26. The Balaban J connectivity index is 1.69. The maximum Gasteiger partial charge on any atom is 0.227 e. The number of benzene rings is 2. The van der Waals surface area contributed by atoms with Crippen molar-refractivity contribution in [3.63, 3.8) is 0 Å². The lowest BCUT2D eigenvalue weighted by atomic mass is 10.0. The number of nitrogens with one attached hydrogen (secondary N) is 1. The third kappa shape index (κ3) is 4.16. The van der Waals surface area contributed by atoms with Crippen LogP contribution in [0.5, 0.6) is 5.75 Å².